The molecular formula is C12H10BrNO. The van der Waals surface area contributed by atoms with Crippen LogP contribution in [0.15, 0.2) is 42.5 Å². The van der Waals surface area contributed by atoms with Gasteiger partial charge in [-0.1, -0.05) is 30.3 Å². The van der Waals surface area contributed by atoms with Gasteiger partial charge in [-0.25, -0.2) is 0 Å². The van der Waals surface area contributed by atoms with E-state index >= 15 is 0 Å². The molecule has 2 aromatic rings. The number of hydrogen-bond acceptors (Lipinski definition) is 1. The van der Waals surface area contributed by atoms with Crippen molar-refractivity contribution in [2.45, 2.75) is 0 Å². The van der Waals surface area contributed by atoms with E-state index in [9.17, 15) is 4.79 Å². The van der Waals surface area contributed by atoms with E-state index in [-0.39, 0.29) is 4.82 Å². The standard InChI is InChI=1S/C12H10BrNO/c1-14(12(13)15)11-7-6-9-4-2-3-5-10(9)8-11/h2-8H,1H3. The Morgan fingerprint density at radius 1 is 1.13 bits per heavy atom. The Labute approximate surface area is 96.6 Å². The molecule has 0 bridgehead atoms. The maximum Gasteiger partial charge on any atom is 0.293 e. The predicted molar refractivity (Wildman–Crippen MR) is 66.7 cm³/mol. The second-order valence-corrected chi connectivity index (χ2v) is 4.02. The molecule has 0 radical (unpaired) electrons. The van der Waals surface area contributed by atoms with Crippen molar-refractivity contribution >= 4 is 37.2 Å². The molecule has 3 heteroatoms. The first-order valence-electron chi connectivity index (χ1n) is 4.60. The number of hydrogen-bond donors (Lipinski definition) is 0. The van der Waals surface area contributed by atoms with Gasteiger partial charge in [-0.2, -0.15) is 0 Å². The number of carbonyl (C=O) groups is 1. The molecule has 0 unspecified atom stereocenters. The summed E-state index contributed by atoms with van der Waals surface area (Å²) in [7, 11) is 1.74. The second kappa shape index (κ2) is 4.03. The van der Waals surface area contributed by atoms with E-state index in [0.29, 0.717) is 0 Å². The number of fused-ring (bicyclic) bond motifs is 1. The van der Waals surface area contributed by atoms with E-state index in [1.54, 1.807) is 11.9 Å². The highest BCUT2D eigenvalue weighted by atomic mass is 79.9. The molecule has 0 heterocycles. The van der Waals surface area contributed by atoms with Crippen LogP contribution in [-0.2, 0) is 0 Å². The van der Waals surface area contributed by atoms with E-state index in [1.807, 2.05) is 36.4 Å². The van der Waals surface area contributed by atoms with Gasteiger partial charge in [0.15, 0.2) is 0 Å². The fourth-order valence-electron chi connectivity index (χ4n) is 1.49. The largest absolute Gasteiger partial charge is 0.306 e. The first kappa shape index (κ1) is 10.2. The van der Waals surface area contributed by atoms with Gasteiger partial charge in [0.2, 0.25) is 0 Å². The fourth-order valence-corrected chi connectivity index (χ4v) is 1.69. The van der Waals surface area contributed by atoms with Crippen molar-refractivity contribution in [2.75, 3.05) is 11.9 Å². The summed E-state index contributed by atoms with van der Waals surface area (Å²) in [5, 5.41) is 2.31. The van der Waals surface area contributed by atoms with Crippen LogP contribution in [-0.4, -0.2) is 11.9 Å². The molecule has 0 fully saturated rings. The summed E-state index contributed by atoms with van der Waals surface area (Å²) in [6.45, 7) is 0. The highest BCUT2D eigenvalue weighted by Gasteiger charge is 2.06. The minimum atomic E-state index is -0.141. The number of nitrogens with zero attached hydrogens (tertiary/aromatic N) is 1. The minimum Gasteiger partial charge on any atom is -0.306 e. The van der Waals surface area contributed by atoms with Crippen LogP contribution in [0.25, 0.3) is 10.8 Å². The van der Waals surface area contributed by atoms with E-state index in [4.69, 9.17) is 0 Å². The molecule has 0 atom stereocenters. The number of benzene rings is 2. The SMILES string of the molecule is CN(C(=O)Br)c1ccc2ccccc2c1. The fraction of sp³-hybridized carbons (Fsp3) is 0.0833. The average Bonchev–Trinajstić information content (AvgIpc) is 2.27. The van der Waals surface area contributed by atoms with Gasteiger partial charge >= 0.3 is 0 Å². The Bertz CT molecular complexity index is 510. The third-order valence-electron chi connectivity index (χ3n) is 2.38. The van der Waals surface area contributed by atoms with E-state index in [0.717, 1.165) is 11.1 Å². The van der Waals surface area contributed by atoms with Crippen LogP contribution in [0.3, 0.4) is 0 Å². The lowest BCUT2D eigenvalue weighted by atomic mass is 10.1. The molecule has 2 aromatic carbocycles. The van der Waals surface area contributed by atoms with Gasteiger partial charge in [0.1, 0.15) is 0 Å². The second-order valence-electron chi connectivity index (χ2n) is 3.34. The van der Waals surface area contributed by atoms with Gasteiger partial charge in [0, 0.05) is 28.7 Å². The Morgan fingerprint density at radius 2 is 1.80 bits per heavy atom. The van der Waals surface area contributed by atoms with Crippen LogP contribution >= 0.6 is 15.9 Å². The van der Waals surface area contributed by atoms with Crippen molar-refractivity contribution in [1.29, 1.82) is 0 Å². The molecule has 2 nitrogen and oxygen atoms in total. The van der Waals surface area contributed by atoms with Crippen molar-refractivity contribution < 1.29 is 4.79 Å². The average molecular weight is 264 g/mol. The van der Waals surface area contributed by atoms with Gasteiger partial charge in [0.25, 0.3) is 4.82 Å². The van der Waals surface area contributed by atoms with Crippen LogP contribution in [0.1, 0.15) is 0 Å². The highest BCUT2D eigenvalue weighted by Crippen LogP contribution is 2.22. The number of amides is 1. The molecule has 0 aliphatic rings. The van der Waals surface area contributed by atoms with Crippen molar-refractivity contribution in [3.8, 4) is 0 Å². The molecular weight excluding hydrogens is 254 g/mol. The quantitative estimate of drug-likeness (QED) is 0.566. The molecule has 0 saturated carbocycles. The van der Waals surface area contributed by atoms with Gasteiger partial charge in [-0.3, -0.25) is 4.79 Å². The normalized spacial score (nSPS) is 10.3. The number of carbonyl (C=O) groups excluding carboxylic acids is 1. The molecule has 0 spiro atoms. The molecule has 0 aliphatic heterocycles. The summed E-state index contributed by atoms with van der Waals surface area (Å²) in [6.07, 6.45) is 0. The zero-order valence-corrected chi connectivity index (χ0v) is 9.86. The summed E-state index contributed by atoms with van der Waals surface area (Å²) in [6, 6.07) is 14.0. The topological polar surface area (TPSA) is 20.3 Å². The predicted octanol–water partition coefficient (Wildman–Crippen LogP) is 3.79. The maximum atomic E-state index is 11.1. The number of rotatable bonds is 1. The maximum absolute atomic E-state index is 11.1. The first-order chi connectivity index (χ1) is 7.18. The van der Waals surface area contributed by atoms with Gasteiger partial charge in [-0.05, 0) is 22.9 Å². The van der Waals surface area contributed by atoms with Crippen LogP contribution in [0, 0.1) is 0 Å². The van der Waals surface area contributed by atoms with E-state index in [1.165, 1.54) is 5.39 Å². The summed E-state index contributed by atoms with van der Waals surface area (Å²) in [5.74, 6) is 0. The van der Waals surface area contributed by atoms with Gasteiger partial charge in [-0.15, -0.1) is 0 Å². The van der Waals surface area contributed by atoms with Crippen molar-refractivity contribution in [2.24, 2.45) is 0 Å². The van der Waals surface area contributed by atoms with Crippen LogP contribution < -0.4 is 4.90 Å². The Balaban J connectivity index is 2.51. The smallest absolute Gasteiger partial charge is 0.293 e. The Hall–Kier alpha value is -1.35. The molecule has 2 rings (SSSR count). The lowest BCUT2D eigenvalue weighted by Gasteiger charge is -2.14. The molecule has 0 aromatic heterocycles. The molecule has 0 aliphatic carbocycles. The Kier molecular flexibility index (Phi) is 2.73. The molecule has 0 saturated heterocycles. The van der Waals surface area contributed by atoms with Crippen molar-refractivity contribution in [1.82, 2.24) is 0 Å². The molecule has 15 heavy (non-hydrogen) atoms. The minimum absolute atomic E-state index is 0.141. The number of anilines is 1. The van der Waals surface area contributed by atoms with Gasteiger partial charge in [0.05, 0.1) is 0 Å². The van der Waals surface area contributed by atoms with Crippen molar-refractivity contribution in [3.63, 3.8) is 0 Å². The first-order valence-corrected chi connectivity index (χ1v) is 5.40. The Morgan fingerprint density at radius 3 is 2.47 bits per heavy atom. The monoisotopic (exact) mass is 263 g/mol. The summed E-state index contributed by atoms with van der Waals surface area (Å²) >= 11 is 2.93. The lowest BCUT2D eigenvalue weighted by molar-refractivity contribution is 0.267. The van der Waals surface area contributed by atoms with Crippen LogP contribution in [0.5, 0.6) is 0 Å². The highest BCUT2D eigenvalue weighted by molar-refractivity contribution is 9.18. The van der Waals surface area contributed by atoms with E-state index in [2.05, 4.69) is 22.0 Å². The number of halogens is 1. The van der Waals surface area contributed by atoms with Gasteiger partial charge < -0.3 is 4.90 Å². The summed E-state index contributed by atoms with van der Waals surface area (Å²) in [4.78, 5) is 12.5. The molecule has 1 amide bonds. The third-order valence-corrected chi connectivity index (χ3v) is 2.92. The summed E-state index contributed by atoms with van der Waals surface area (Å²) < 4.78 is 0. The van der Waals surface area contributed by atoms with Crippen LogP contribution in [0.4, 0.5) is 10.5 Å². The lowest BCUT2D eigenvalue weighted by Crippen LogP contribution is -2.18. The zero-order valence-electron chi connectivity index (χ0n) is 8.27. The van der Waals surface area contributed by atoms with Crippen molar-refractivity contribution in [3.05, 3.63) is 42.5 Å². The van der Waals surface area contributed by atoms with E-state index < -0.39 is 0 Å². The third kappa shape index (κ3) is 2.02. The molecule has 0 N–H and O–H groups in total. The zero-order chi connectivity index (χ0) is 10.8. The van der Waals surface area contributed by atoms with Crippen LogP contribution in [0.2, 0.25) is 0 Å². The molecule has 76 valence electrons. The summed E-state index contributed by atoms with van der Waals surface area (Å²) in [5.41, 5.74) is 0.885.